The number of carboxylic acid groups (broad SMARTS) is 1. The molecule has 2 aromatic heterocycles. The van der Waals surface area contributed by atoms with Crippen molar-refractivity contribution >= 4 is 11.5 Å². The van der Waals surface area contributed by atoms with E-state index in [1.165, 1.54) is 4.68 Å². The maximum Gasteiger partial charge on any atom is 0.343 e. The fourth-order valence-corrected chi connectivity index (χ4v) is 2.43. The van der Waals surface area contributed by atoms with Gasteiger partial charge in [-0.15, -0.1) is 0 Å². The van der Waals surface area contributed by atoms with E-state index in [9.17, 15) is 14.7 Å². The molecule has 0 aliphatic heterocycles. The molecule has 0 bridgehead atoms. The van der Waals surface area contributed by atoms with Gasteiger partial charge in [-0.3, -0.25) is 9.31 Å². The topological polar surface area (TPSA) is 72.9 Å². The SMILES string of the molecule is COc1ccc(Cn2c(=O)c(C(=O)O)c3ccccn32)cc1. The second-order valence-corrected chi connectivity index (χ2v) is 4.82. The first-order valence-electron chi connectivity index (χ1n) is 6.68. The van der Waals surface area contributed by atoms with Crippen molar-refractivity contribution in [3.63, 3.8) is 0 Å². The summed E-state index contributed by atoms with van der Waals surface area (Å²) in [7, 11) is 1.58. The van der Waals surface area contributed by atoms with Crippen LogP contribution in [-0.4, -0.2) is 27.4 Å². The molecule has 0 saturated heterocycles. The molecule has 22 heavy (non-hydrogen) atoms. The van der Waals surface area contributed by atoms with Crippen molar-refractivity contribution in [2.75, 3.05) is 7.11 Å². The molecule has 0 amide bonds. The molecule has 0 fully saturated rings. The zero-order chi connectivity index (χ0) is 15.7. The lowest BCUT2D eigenvalue weighted by Crippen LogP contribution is -2.23. The Hall–Kier alpha value is -3.02. The highest BCUT2D eigenvalue weighted by Crippen LogP contribution is 2.14. The number of pyridine rings is 1. The minimum Gasteiger partial charge on any atom is -0.497 e. The van der Waals surface area contributed by atoms with Gasteiger partial charge in [0.15, 0.2) is 5.56 Å². The van der Waals surface area contributed by atoms with Crippen LogP contribution in [0.1, 0.15) is 15.9 Å². The Bertz CT molecular complexity index is 891. The van der Waals surface area contributed by atoms with E-state index in [2.05, 4.69) is 0 Å². The highest BCUT2D eigenvalue weighted by molar-refractivity contribution is 5.95. The van der Waals surface area contributed by atoms with Crippen LogP contribution in [0, 0.1) is 0 Å². The molecule has 3 aromatic rings. The molecule has 0 atom stereocenters. The first kappa shape index (κ1) is 13.9. The summed E-state index contributed by atoms with van der Waals surface area (Å²) in [6.07, 6.45) is 1.67. The standard InChI is InChI=1S/C16H14N2O4/c1-22-12-7-5-11(6-8-12)10-18-15(19)14(16(20)21)13-4-2-3-9-17(13)18/h2-9H,10H2,1H3,(H,20,21). The number of hydrogen-bond acceptors (Lipinski definition) is 3. The zero-order valence-corrected chi connectivity index (χ0v) is 11.9. The van der Waals surface area contributed by atoms with Crippen LogP contribution in [0.15, 0.2) is 53.5 Å². The van der Waals surface area contributed by atoms with E-state index in [0.29, 0.717) is 5.52 Å². The number of methoxy groups -OCH3 is 1. The fourth-order valence-electron chi connectivity index (χ4n) is 2.43. The van der Waals surface area contributed by atoms with Crippen molar-refractivity contribution in [2.24, 2.45) is 0 Å². The summed E-state index contributed by atoms with van der Waals surface area (Å²) >= 11 is 0. The van der Waals surface area contributed by atoms with Gasteiger partial charge in [0, 0.05) is 6.20 Å². The molecule has 1 N–H and O–H groups in total. The van der Waals surface area contributed by atoms with E-state index < -0.39 is 11.5 Å². The normalized spacial score (nSPS) is 10.8. The number of fused-ring (bicyclic) bond motifs is 1. The lowest BCUT2D eigenvalue weighted by Gasteiger charge is -2.07. The summed E-state index contributed by atoms with van der Waals surface area (Å²) in [5, 5.41) is 9.27. The molecule has 3 rings (SSSR count). The third-order valence-corrected chi connectivity index (χ3v) is 3.51. The van der Waals surface area contributed by atoms with Crippen LogP contribution in [0.25, 0.3) is 5.52 Å². The van der Waals surface area contributed by atoms with Gasteiger partial charge in [-0.2, -0.15) is 0 Å². The Labute approximate surface area is 125 Å². The second-order valence-electron chi connectivity index (χ2n) is 4.82. The number of aromatic nitrogens is 2. The van der Waals surface area contributed by atoms with Gasteiger partial charge in [-0.1, -0.05) is 18.2 Å². The van der Waals surface area contributed by atoms with Crippen molar-refractivity contribution < 1.29 is 14.6 Å². The van der Waals surface area contributed by atoms with E-state index in [4.69, 9.17) is 4.74 Å². The zero-order valence-electron chi connectivity index (χ0n) is 11.9. The summed E-state index contributed by atoms with van der Waals surface area (Å²) in [5.74, 6) is -0.496. The average molecular weight is 298 g/mol. The number of nitrogens with zero attached hydrogens (tertiary/aromatic N) is 2. The lowest BCUT2D eigenvalue weighted by molar-refractivity contribution is 0.0697. The van der Waals surface area contributed by atoms with Gasteiger partial charge in [0.25, 0.3) is 5.56 Å². The summed E-state index contributed by atoms with van der Waals surface area (Å²) < 4.78 is 8.07. The van der Waals surface area contributed by atoms with E-state index in [1.807, 2.05) is 12.1 Å². The van der Waals surface area contributed by atoms with Crippen LogP contribution in [-0.2, 0) is 6.54 Å². The van der Waals surface area contributed by atoms with Gasteiger partial charge < -0.3 is 9.84 Å². The van der Waals surface area contributed by atoms with Crippen molar-refractivity contribution in [1.82, 2.24) is 9.20 Å². The molecule has 6 nitrogen and oxygen atoms in total. The number of benzene rings is 1. The van der Waals surface area contributed by atoms with Gasteiger partial charge in [-0.05, 0) is 29.8 Å². The number of hydrogen-bond donors (Lipinski definition) is 1. The summed E-state index contributed by atoms with van der Waals surface area (Å²) in [6.45, 7) is 0.279. The van der Waals surface area contributed by atoms with Crippen LogP contribution < -0.4 is 10.3 Å². The molecule has 0 aliphatic carbocycles. The number of ether oxygens (including phenoxy) is 1. The molecule has 6 heteroatoms. The second kappa shape index (κ2) is 5.40. The lowest BCUT2D eigenvalue weighted by atomic mass is 10.2. The largest absolute Gasteiger partial charge is 0.497 e. The first-order valence-corrected chi connectivity index (χ1v) is 6.68. The summed E-state index contributed by atoms with van der Waals surface area (Å²) in [5.41, 5.74) is 0.528. The predicted molar refractivity (Wildman–Crippen MR) is 80.7 cm³/mol. The molecule has 0 saturated carbocycles. The third-order valence-electron chi connectivity index (χ3n) is 3.51. The molecule has 0 spiro atoms. The maximum absolute atomic E-state index is 12.4. The van der Waals surface area contributed by atoms with Crippen LogP contribution in [0.3, 0.4) is 0 Å². The summed E-state index contributed by atoms with van der Waals surface area (Å²) in [4.78, 5) is 23.7. The fraction of sp³-hybridized carbons (Fsp3) is 0.125. The van der Waals surface area contributed by atoms with Crippen molar-refractivity contribution in [2.45, 2.75) is 6.54 Å². The molecule has 1 aromatic carbocycles. The van der Waals surface area contributed by atoms with Crippen molar-refractivity contribution in [3.05, 3.63) is 70.1 Å². The Morgan fingerprint density at radius 2 is 1.91 bits per heavy atom. The third kappa shape index (κ3) is 2.24. The molecule has 2 heterocycles. The quantitative estimate of drug-likeness (QED) is 0.798. The van der Waals surface area contributed by atoms with E-state index in [0.717, 1.165) is 11.3 Å². The van der Waals surface area contributed by atoms with Gasteiger partial charge in [0.05, 0.1) is 19.2 Å². The van der Waals surface area contributed by atoms with Crippen LogP contribution in [0.4, 0.5) is 0 Å². The smallest absolute Gasteiger partial charge is 0.343 e. The maximum atomic E-state index is 12.4. The Morgan fingerprint density at radius 3 is 2.55 bits per heavy atom. The van der Waals surface area contributed by atoms with Gasteiger partial charge in [0.1, 0.15) is 5.75 Å². The minimum absolute atomic E-state index is 0.214. The minimum atomic E-state index is -1.22. The van der Waals surface area contributed by atoms with Gasteiger partial charge >= 0.3 is 5.97 Å². The molecule has 0 aliphatic rings. The Kier molecular flexibility index (Phi) is 3.42. The first-order chi connectivity index (χ1) is 10.6. The van der Waals surface area contributed by atoms with Gasteiger partial charge in [-0.25, -0.2) is 9.48 Å². The van der Waals surface area contributed by atoms with Crippen LogP contribution in [0.5, 0.6) is 5.75 Å². The van der Waals surface area contributed by atoms with Crippen LogP contribution in [0.2, 0.25) is 0 Å². The van der Waals surface area contributed by atoms with E-state index in [1.54, 1.807) is 48.2 Å². The van der Waals surface area contributed by atoms with E-state index >= 15 is 0 Å². The molecular formula is C16H14N2O4. The molecular weight excluding hydrogens is 284 g/mol. The summed E-state index contributed by atoms with van der Waals surface area (Å²) in [6, 6.07) is 12.4. The average Bonchev–Trinajstić information content (AvgIpc) is 2.81. The van der Waals surface area contributed by atoms with Gasteiger partial charge in [0.2, 0.25) is 0 Å². The Morgan fingerprint density at radius 1 is 1.18 bits per heavy atom. The molecule has 0 radical (unpaired) electrons. The Balaban J connectivity index is 2.12. The van der Waals surface area contributed by atoms with Crippen LogP contribution >= 0.6 is 0 Å². The molecule has 112 valence electrons. The number of carboxylic acids is 1. The van der Waals surface area contributed by atoms with Crippen molar-refractivity contribution in [1.29, 1.82) is 0 Å². The van der Waals surface area contributed by atoms with E-state index in [-0.39, 0.29) is 12.1 Å². The highest BCUT2D eigenvalue weighted by Gasteiger charge is 2.19. The van der Waals surface area contributed by atoms with Crippen molar-refractivity contribution in [3.8, 4) is 5.75 Å². The molecule has 0 unspecified atom stereocenters. The number of aromatic carboxylic acids is 1. The number of carbonyl (C=O) groups is 1. The predicted octanol–water partition coefficient (Wildman–Crippen LogP) is 1.86. The number of rotatable bonds is 4. The monoisotopic (exact) mass is 298 g/mol. The highest BCUT2D eigenvalue weighted by atomic mass is 16.5.